The third kappa shape index (κ3) is 2.87. The van der Waals surface area contributed by atoms with Gasteiger partial charge in [0.2, 0.25) is 5.28 Å². The van der Waals surface area contributed by atoms with Gasteiger partial charge in [-0.25, -0.2) is 14.4 Å². The number of aromatic nitrogens is 2. The first kappa shape index (κ1) is 12.1. The number of nitrogens with two attached hydrogens (primary N) is 1. The van der Waals surface area contributed by atoms with Crippen LogP contribution in [0.2, 0.25) is 5.28 Å². The molecule has 1 heterocycles. The Morgan fingerprint density at radius 2 is 2.12 bits per heavy atom. The molecule has 0 spiro atoms. The van der Waals surface area contributed by atoms with Gasteiger partial charge in [-0.15, -0.1) is 0 Å². The summed E-state index contributed by atoms with van der Waals surface area (Å²) in [6.07, 6.45) is 0. The van der Waals surface area contributed by atoms with Crippen molar-refractivity contribution in [1.82, 2.24) is 9.97 Å². The number of benzene rings is 1. The number of aryl methyl sites for hydroxylation is 1. The van der Waals surface area contributed by atoms with E-state index in [2.05, 4.69) is 9.97 Å². The third-order valence-electron chi connectivity index (χ3n) is 2.08. The molecule has 0 aliphatic rings. The van der Waals surface area contributed by atoms with Gasteiger partial charge >= 0.3 is 0 Å². The van der Waals surface area contributed by atoms with Crippen LogP contribution in [0.4, 0.5) is 10.1 Å². The summed E-state index contributed by atoms with van der Waals surface area (Å²) in [7, 11) is 0. The molecular weight excluding hydrogens is 261 g/mol. The molecule has 3 nitrogen and oxygen atoms in total. The second kappa shape index (κ2) is 4.89. The van der Waals surface area contributed by atoms with Crippen molar-refractivity contribution >= 4 is 29.1 Å². The second-order valence-electron chi connectivity index (χ2n) is 3.36. The maximum absolute atomic E-state index is 13.0. The van der Waals surface area contributed by atoms with Crippen molar-refractivity contribution < 1.29 is 4.39 Å². The molecule has 0 aliphatic carbocycles. The molecule has 88 valence electrons. The lowest BCUT2D eigenvalue weighted by Gasteiger charge is -2.06. The van der Waals surface area contributed by atoms with E-state index in [1.54, 1.807) is 19.1 Å². The van der Waals surface area contributed by atoms with Gasteiger partial charge in [0.15, 0.2) is 0 Å². The molecule has 2 aromatic rings. The summed E-state index contributed by atoms with van der Waals surface area (Å²) >= 11 is 7.01. The Balaban J connectivity index is 2.36. The summed E-state index contributed by atoms with van der Waals surface area (Å²) in [6.45, 7) is 1.75. The molecular formula is C11H9ClFN3S. The van der Waals surface area contributed by atoms with Gasteiger partial charge in [0.1, 0.15) is 10.8 Å². The zero-order valence-corrected chi connectivity index (χ0v) is 10.5. The Morgan fingerprint density at radius 1 is 1.35 bits per heavy atom. The van der Waals surface area contributed by atoms with Gasteiger partial charge in [0, 0.05) is 4.90 Å². The Morgan fingerprint density at radius 3 is 2.82 bits per heavy atom. The van der Waals surface area contributed by atoms with E-state index in [0.29, 0.717) is 21.3 Å². The quantitative estimate of drug-likeness (QED) is 0.671. The lowest BCUT2D eigenvalue weighted by molar-refractivity contribution is 0.624. The van der Waals surface area contributed by atoms with Crippen LogP contribution in [0.5, 0.6) is 0 Å². The van der Waals surface area contributed by atoms with E-state index >= 15 is 0 Å². The highest BCUT2D eigenvalue weighted by atomic mass is 35.5. The fourth-order valence-corrected chi connectivity index (χ4v) is 2.43. The van der Waals surface area contributed by atoms with Gasteiger partial charge in [-0.1, -0.05) is 17.8 Å². The number of hydrogen-bond donors (Lipinski definition) is 1. The standard InChI is InChI=1S/C11H9ClFN3S/c1-6-9(14)10(16-11(12)15-6)17-8-4-2-3-7(13)5-8/h2-5H,14H2,1H3. The van der Waals surface area contributed by atoms with E-state index in [4.69, 9.17) is 17.3 Å². The average molecular weight is 270 g/mol. The summed E-state index contributed by atoms with van der Waals surface area (Å²) in [5, 5.41) is 0.670. The van der Waals surface area contributed by atoms with Crippen LogP contribution in [0.15, 0.2) is 34.2 Å². The number of rotatable bonds is 2. The summed E-state index contributed by atoms with van der Waals surface area (Å²) in [5.74, 6) is -0.301. The van der Waals surface area contributed by atoms with Crippen LogP contribution in [0, 0.1) is 12.7 Å². The molecule has 17 heavy (non-hydrogen) atoms. The maximum atomic E-state index is 13.0. The van der Waals surface area contributed by atoms with Gasteiger partial charge < -0.3 is 5.73 Å². The molecule has 2 N–H and O–H groups in total. The van der Waals surface area contributed by atoms with E-state index in [1.165, 1.54) is 23.9 Å². The van der Waals surface area contributed by atoms with Crippen molar-refractivity contribution in [3.63, 3.8) is 0 Å². The molecule has 0 saturated heterocycles. The Hall–Kier alpha value is -1.33. The van der Waals surface area contributed by atoms with Crippen LogP contribution >= 0.6 is 23.4 Å². The smallest absolute Gasteiger partial charge is 0.223 e. The van der Waals surface area contributed by atoms with Gasteiger partial charge in [-0.2, -0.15) is 0 Å². The Kier molecular flexibility index (Phi) is 3.49. The van der Waals surface area contributed by atoms with E-state index in [9.17, 15) is 4.39 Å². The van der Waals surface area contributed by atoms with E-state index < -0.39 is 0 Å². The van der Waals surface area contributed by atoms with Gasteiger partial charge in [-0.3, -0.25) is 0 Å². The summed E-state index contributed by atoms with van der Waals surface area (Å²) in [5.41, 5.74) is 6.92. The zero-order valence-electron chi connectivity index (χ0n) is 8.95. The number of hydrogen-bond acceptors (Lipinski definition) is 4. The molecule has 0 atom stereocenters. The van der Waals surface area contributed by atoms with Crippen LogP contribution in [0.3, 0.4) is 0 Å². The van der Waals surface area contributed by atoms with Crippen LogP contribution in [-0.2, 0) is 0 Å². The molecule has 0 fully saturated rings. The predicted octanol–water partition coefficient (Wildman–Crippen LogP) is 3.31. The molecule has 1 aromatic carbocycles. The fraction of sp³-hybridized carbons (Fsp3) is 0.0909. The normalized spacial score (nSPS) is 10.5. The molecule has 0 aliphatic heterocycles. The van der Waals surface area contributed by atoms with E-state index in [0.717, 1.165) is 0 Å². The molecule has 0 saturated carbocycles. The highest BCUT2D eigenvalue weighted by molar-refractivity contribution is 7.99. The summed E-state index contributed by atoms with van der Waals surface area (Å²) < 4.78 is 13.0. The van der Waals surface area contributed by atoms with Crippen LogP contribution in [0.25, 0.3) is 0 Å². The maximum Gasteiger partial charge on any atom is 0.223 e. The SMILES string of the molecule is Cc1nc(Cl)nc(Sc2cccc(F)c2)c1N. The van der Waals surface area contributed by atoms with Gasteiger partial charge in [-0.05, 0) is 36.7 Å². The highest BCUT2D eigenvalue weighted by Crippen LogP contribution is 2.32. The van der Waals surface area contributed by atoms with Crippen molar-refractivity contribution in [3.05, 3.63) is 41.1 Å². The van der Waals surface area contributed by atoms with E-state index in [1.807, 2.05) is 0 Å². The van der Waals surface area contributed by atoms with Crippen molar-refractivity contribution in [2.24, 2.45) is 0 Å². The number of nitrogen functional groups attached to an aromatic ring is 1. The van der Waals surface area contributed by atoms with Crippen molar-refractivity contribution in [3.8, 4) is 0 Å². The number of nitrogens with zero attached hydrogens (tertiary/aromatic N) is 2. The van der Waals surface area contributed by atoms with E-state index in [-0.39, 0.29) is 11.1 Å². The molecule has 0 amide bonds. The highest BCUT2D eigenvalue weighted by Gasteiger charge is 2.09. The molecule has 0 bridgehead atoms. The lowest BCUT2D eigenvalue weighted by Crippen LogP contribution is -1.99. The second-order valence-corrected chi connectivity index (χ2v) is 4.76. The number of anilines is 1. The molecule has 2 rings (SSSR count). The number of halogens is 2. The zero-order chi connectivity index (χ0) is 12.4. The van der Waals surface area contributed by atoms with Crippen LogP contribution < -0.4 is 5.73 Å². The van der Waals surface area contributed by atoms with Gasteiger partial charge in [0.25, 0.3) is 0 Å². The Bertz CT molecular complexity index is 562. The largest absolute Gasteiger partial charge is 0.395 e. The minimum absolute atomic E-state index is 0.135. The lowest BCUT2D eigenvalue weighted by atomic mass is 10.3. The first-order valence-electron chi connectivity index (χ1n) is 4.79. The third-order valence-corrected chi connectivity index (χ3v) is 3.25. The van der Waals surface area contributed by atoms with Crippen molar-refractivity contribution in [1.29, 1.82) is 0 Å². The summed E-state index contributed by atoms with van der Waals surface area (Å²) in [4.78, 5) is 8.68. The topological polar surface area (TPSA) is 51.8 Å². The Labute approximate surface area is 107 Å². The van der Waals surface area contributed by atoms with Crippen LogP contribution in [0.1, 0.15) is 5.69 Å². The van der Waals surface area contributed by atoms with Crippen LogP contribution in [-0.4, -0.2) is 9.97 Å². The van der Waals surface area contributed by atoms with Crippen molar-refractivity contribution in [2.45, 2.75) is 16.8 Å². The molecule has 1 aromatic heterocycles. The molecule has 0 radical (unpaired) electrons. The minimum atomic E-state index is -0.301. The van der Waals surface area contributed by atoms with Crippen molar-refractivity contribution in [2.75, 3.05) is 5.73 Å². The first-order chi connectivity index (χ1) is 8.06. The average Bonchev–Trinajstić information content (AvgIpc) is 2.25. The first-order valence-corrected chi connectivity index (χ1v) is 5.99. The molecule has 6 heteroatoms. The molecule has 0 unspecified atom stereocenters. The summed E-state index contributed by atoms with van der Waals surface area (Å²) in [6, 6.07) is 6.20. The monoisotopic (exact) mass is 269 g/mol. The predicted molar refractivity (Wildman–Crippen MR) is 66.7 cm³/mol. The fourth-order valence-electron chi connectivity index (χ4n) is 1.24. The van der Waals surface area contributed by atoms with Gasteiger partial charge in [0.05, 0.1) is 11.4 Å². The minimum Gasteiger partial charge on any atom is -0.395 e.